The average molecular weight is 349 g/mol. The number of carbonyl (C=O) groups excluding carboxylic acids is 2. The molecule has 5 nitrogen and oxygen atoms in total. The van der Waals surface area contributed by atoms with Crippen LogP contribution in [0.15, 0.2) is 12.4 Å². The zero-order chi connectivity index (χ0) is 13.0. The normalized spacial score (nSPS) is 12.5. The van der Waals surface area contributed by atoms with Gasteiger partial charge < -0.3 is 5.32 Å². The van der Waals surface area contributed by atoms with Crippen molar-refractivity contribution in [1.82, 2.24) is 15.1 Å². The smallest absolute Gasteiger partial charge is 0.242 e. The molecule has 0 aliphatic heterocycles. The van der Waals surface area contributed by atoms with Gasteiger partial charge in [-0.2, -0.15) is 5.10 Å². The van der Waals surface area contributed by atoms with Gasteiger partial charge in [0.05, 0.1) is 15.8 Å². The predicted octanol–water partition coefficient (Wildman–Crippen LogP) is 1.22. The van der Waals surface area contributed by atoms with Gasteiger partial charge in [0.2, 0.25) is 5.91 Å². The number of hydrogen-bond acceptors (Lipinski definition) is 3. The number of rotatable bonds is 5. The number of nitrogens with zero attached hydrogens (tertiary/aromatic N) is 2. The maximum absolute atomic E-state index is 11.7. The number of hydrogen-bond donors (Lipinski definition) is 1. The van der Waals surface area contributed by atoms with Crippen LogP contribution in [0.2, 0.25) is 0 Å². The Morgan fingerprint density at radius 3 is 2.59 bits per heavy atom. The molecule has 0 aromatic carbocycles. The lowest BCUT2D eigenvalue weighted by atomic mass is 10.0. The van der Waals surface area contributed by atoms with Gasteiger partial charge in [0, 0.05) is 6.20 Å². The summed E-state index contributed by atoms with van der Waals surface area (Å²) in [7, 11) is 0. The van der Waals surface area contributed by atoms with E-state index in [2.05, 4.69) is 33.0 Å². The molecule has 0 aliphatic rings. The largest absolute Gasteiger partial charge is 0.344 e. The Morgan fingerprint density at radius 1 is 1.53 bits per heavy atom. The number of carbonyl (C=O) groups is 2. The zero-order valence-electron chi connectivity index (χ0n) is 10.1. The lowest BCUT2D eigenvalue weighted by molar-refractivity contribution is -0.128. The van der Waals surface area contributed by atoms with E-state index in [0.717, 1.165) is 3.57 Å². The van der Waals surface area contributed by atoms with E-state index in [1.165, 1.54) is 6.92 Å². The van der Waals surface area contributed by atoms with Crippen LogP contribution in [0.3, 0.4) is 0 Å². The number of ketones is 1. The lowest BCUT2D eigenvalue weighted by Gasteiger charge is -2.19. The minimum atomic E-state index is -0.419. The molecule has 1 aromatic heterocycles. The summed E-state index contributed by atoms with van der Waals surface area (Å²) < 4.78 is 2.52. The molecule has 0 saturated heterocycles. The van der Waals surface area contributed by atoms with Gasteiger partial charge in [-0.1, -0.05) is 13.8 Å². The summed E-state index contributed by atoms with van der Waals surface area (Å²) >= 11 is 2.12. The highest BCUT2D eigenvalue weighted by atomic mass is 127. The molecule has 0 radical (unpaired) electrons. The van der Waals surface area contributed by atoms with E-state index >= 15 is 0 Å². The third kappa shape index (κ3) is 4.45. The topological polar surface area (TPSA) is 64.0 Å². The van der Waals surface area contributed by atoms with Crippen LogP contribution in [0.1, 0.15) is 20.8 Å². The molecule has 6 heteroatoms. The Balaban J connectivity index is 2.56. The van der Waals surface area contributed by atoms with Crippen LogP contribution < -0.4 is 5.32 Å². The quantitative estimate of drug-likeness (QED) is 0.813. The maximum atomic E-state index is 11.7. The van der Waals surface area contributed by atoms with Gasteiger partial charge >= 0.3 is 0 Å². The van der Waals surface area contributed by atoms with Crippen molar-refractivity contribution in [3.05, 3.63) is 16.0 Å². The van der Waals surface area contributed by atoms with E-state index in [1.807, 2.05) is 13.8 Å². The third-order valence-corrected chi connectivity index (χ3v) is 2.89. The molecule has 1 heterocycles. The van der Waals surface area contributed by atoms with Crippen molar-refractivity contribution in [1.29, 1.82) is 0 Å². The van der Waals surface area contributed by atoms with Crippen molar-refractivity contribution in [3.8, 4) is 0 Å². The number of aromatic nitrogens is 2. The van der Waals surface area contributed by atoms with Crippen LogP contribution in [0.5, 0.6) is 0 Å². The highest BCUT2D eigenvalue weighted by molar-refractivity contribution is 14.1. The SMILES string of the molecule is CC(=O)C(NC(=O)Cn1cc(I)cn1)C(C)C. The Hall–Kier alpha value is -0.920. The van der Waals surface area contributed by atoms with Crippen LogP contribution in [-0.2, 0) is 16.1 Å². The fourth-order valence-electron chi connectivity index (χ4n) is 1.53. The summed E-state index contributed by atoms with van der Waals surface area (Å²) in [6.45, 7) is 5.44. The minimum absolute atomic E-state index is 0.0246. The van der Waals surface area contributed by atoms with Gasteiger partial charge in [0.15, 0.2) is 5.78 Å². The average Bonchev–Trinajstić information content (AvgIpc) is 2.59. The summed E-state index contributed by atoms with van der Waals surface area (Å²) in [5.74, 6) is -0.129. The van der Waals surface area contributed by atoms with Gasteiger partial charge in [-0.25, -0.2) is 0 Å². The predicted molar refractivity (Wildman–Crippen MR) is 72.4 cm³/mol. The second-order valence-electron chi connectivity index (χ2n) is 4.26. The highest BCUT2D eigenvalue weighted by Crippen LogP contribution is 2.04. The molecule has 1 atom stereocenters. The van der Waals surface area contributed by atoms with Crippen molar-refractivity contribution in [2.75, 3.05) is 0 Å². The second-order valence-corrected chi connectivity index (χ2v) is 5.50. The molecule has 1 rings (SSSR count). The van der Waals surface area contributed by atoms with E-state index in [-0.39, 0.29) is 24.2 Å². The van der Waals surface area contributed by atoms with Crippen LogP contribution in [0, 0.1) is 9.49 Å². The van der Waals surface area contributed by atoms with Crippen molar-refractivity contribution in [2.45, 2.75) is 33.4 Å². The molecule has 1 N–H and O–H groups in total. The monoisotopic (exact) mass is 349 g/mol. The van der Waals surface area contributed by atoms with Crippen molar-refractivity contribution in [2.24, 2.45) is 5.92 Å². The summed E-state index contributed by atoms with van der Waals surface area (Å²) in [6.07, 6.45) is 3.46. The fourth-order valence-corrected chi connectivity index (χ4v) is 1.97. The maximum Gasteiger partial charge on any atom is 0.242 e. The minimum Gasteiger partial charge on any atom is -0.344 e. The standard InChI is InChI=1S/C11H16IN3O2/c1-7(2)11(8(3)16)14-10(17)6-15-5-9(12)4-13-15/h4-5,7,11H,6H2,1-3H3,(H,14,17). The Morgan fingerprint density at radius 2 is 2.18 bits per heavy atom. The molecule has 0 bridgehead atoms. The number of halogens is 1. The molecule has 0 aliphatic carbocycles. The van der Waals surface area contributed by atoms with Crippen molar-refractivity contribution in [3.63, 3.8) is 0 Å². The van der Waals surface area contributed by atoms with Gasteiger partial charge in [-0.3, -0.25) is 14.3 Å². The molecule has 1 amide bonds. The summed E-state index contributed by atoms with van der Waals surface area (Å²) in [4.78, 5) is 23.1. The van der Waals surface area contributed by atoms with E-state index < -0.39 is 6.04 Å². The number of amides is 1. The third-order valence-electron chi connectivity index (χ3n) is 2.33. The number of Topliss-reactive ketones (excluding diaryl/α,β-unsaturated/α-hetero) is 1. The van der Waals surface area contributed by atoms with Crippen LogP contribution in [0.4, 0.5) is 0 Å². The highest BCUT2D eigenvalue weighted by Gasteiger charge is 2.20. The van der Waals surface area contributed by atoms with Crippen LogP contribution in [0.25, 0.3) is 0 Å². The summed E-state index contributed by atoms with van der Waals surface area (Å²) in [5.41, 5.74) is 0. The first-order valence-corrected chi connectivity index (χ1v) is 6.45. The molecule has 1 aromatic rings. The van der Waals surface area contributed by atoms with Gasteiger partial charge in [0.1, 0.15) is 6.54 Å². The first-order valence-electron chi connectivity index (χ1n) is 5.38. The molecular weight excluding hydrogens is 333 g/mol. The van der Waals surface area contributed by atoms with E-state index in [1.54, 1.807) is 17.1 Å². The lowest BCUT2D eigenvalue weighted by Crippen LogP contribution is -2.44. The molecular formula is C11H16IN3O2. The van der Waals surface area contributed by atoms with Crippen LogP contribution in [-0.4, -0.2) is 27.5 Å². The van der Waals surface area contributed by atoms with Crippen molar-refractivity contribution < 1.29 is 9.59 Å². The Labute approximate surface area is 114 Å². The van der Waals surface area contributed by atoms with E-state index in [0.29, 0.717) is 0 Å². The molecule has 94 valence electrons. The number of nitrogens with one attached hydrogen (secondary N) is 1. The first kappa shape index (κ1) is 14.1. The van der Waals surface area contributed by atoms with E-state index in [4.69, 9.17) is 0 Å². The first-order chi connectivity index (χ1) is 7.90. The zero-order valence-corrected chi connectivity index (χ0v) is 12.3. The molecule has 0 saturated carbocycles. The van der Waals surface area contributed by atoms with Crippen LogP contribution >= 0.6 is 22.6 Å². The van der Waals surface area contributed by atoms with Gasteiger partial charge in [-0.15, -0.1) is 0 Å². The van der Waals surface area contributed by atoms with E-state index in [9.17, 15) is 9.59 Å². The van der Waals surface area contributed by atoms with Gasteiger partial charge in [0.25, 0.3) is 0 Å². The summed E-state index contributed by atoms with van der Waals surface area (Å²) in [6, 6.07) is -0.419. The molecule has 17 heavy (non-hydrogen) atoms. The molecule has 0 fully saturated rings. The Bertz CT molecular complexity index is 415. The fraction of sp³-hybridized carbons (Fsp3) is 0.545. The summed E-state index contributed by atoms with van der Waals surface area (Å²) in [5, 5.41) is 6.74. The molecule has 0 spiro atoms. The second kappa shape index (κ2) is 6.13. The molecule has 1 unspecified atom stereocenters. The van der Waals surface area contributed by atoms with Gasteiger partial charge in [-0.05, 0) is 35.4 Å². The Kier molecular flexibility index (Phi) is 5.10. The van der Waals surface area contributed by atoms with Crippen molar-refractivity contribution >= 4 is 34.3 Å².